The summed E-state index contributed by atoms with van der Waals surface area (Å²) < 4.78 is 5.33. The van der Waals surface area contributed by atoms with Gasteiger partial charge in [0.15, 0.2) is 0 Å². The van der Waals surface area contributed by atoms with E-state index in [9.17, 15) is 14.4 Å². The lowest BCUT2D eigenvalue weighted by Crippen LogP contribution is -2.13. The van der Waals surface area contributed by atoms with Crippen molar-refractivity contribution in [2.24, 2.45) is 0 Å². The van der Waals surface area contributed by atoms with Crippen LogP contribution in [0.2, 0.25) is 5.02 Å². The third-order valence-electron chi connectivity index (χ3n) is 3.15. The van der Waals surface area contributed by atoms with Crippen molar-refractivity contribution < 1.29 is 19.1 Å². The number of hydrogen-bond donors (Lipinski definition) is 2. The first-order valence-electron chi connectivity index (χ1n) is 7.43. The molecule has 0 aliphatic rings. The molecule has 0 saturated heterocycles. The summed E-state index contributed by atoms with van der Waals surface area (Å²) in [6.07, 6.45) is 0. The lowest BCUT2D eigenvalue weighted by Gasteiger charge is -2.11. The molecule has 7 heteroatoms. The Kier molecular flexibility index (Phi) is 5.77. The summed E-state index contributed by atoms with van der Waals surface area (Å²) >= 11 is 5.95. The molecule has 0 heterocycles. The second-order valence-corrected chi connectivity index (χ2v) is 5.87. The van der Waals surface area contributed by atoms with Crippen LogP contribution < -0.4 is 15.4 Å². The average Bonchev–Trinajstić information content (AvgIpc) is 2.49. The standard InChI is InChI=1S/C18H17ClN2O4/c1-10-6-16(4-5-17(10)19)25-18(24)13-7-14(20-11(2)22)9-15(8-13)21-12(3)23/h4-9H,1-3H3,(H,20,22)(H,21,23). The minimum atomic E-state index is -0.625. The topological polar surface area (TPSA) is 84.5 Å². The third kappa shape index (κ3) is 5.32. The molecule has 0 aromatic heterocycles. The molecule has 0 unspecified atom stereocenters. The van der Waals surface area contributed by atoms with Gasteiger partial charge in [0, 0.05) is 30.2 Å². The summed E-state index contributed by atoms with van der Waals surface area (Å²) in [4.78, 5) is 34.9. The van der Waals surface area contributed by atoms with Gasteiger partial charge in [0.2, 0.25) is 11.8 Å². The average molecular weight is 361 g/mol. The highest BCUT2D eigenvalue weighted by molar-refractivity contribution is 6.31. The molecule has 2 aromatic carbocycles. The van der Waals surface area contributed by atoms with Crippen LogP contribution in [0.15, 0.2) is 36.4 Å². The number of carbonyl (C=O) groups excluding carboxylic acids is 3. The number of ether oxygens (including phenoxy) is 1. The number of carbonyl (C=O) groups is 3. The zero-order valence-corrected chi connectivity index (χ0v) is 14.7. The van der Waals surface area contributed by atoms with Crippen LogP contribution in [0.25, 0.3) is 0 Å². The Bertz CT molecular complexity index is 815. The van der Waals surface area contributed by atoms with E-state index >= 15 is 0 Å². The molecule has 0 radical (unpaired) electrons. The number of nitrogens with one attached hydrogen (secondary N) is 2. The third-order valence-corrected chi connectivity index (χ3v) is 3.57. The number of rotatable bonds is 4. The van der Waals surface area contributed by atoms with Crippen LogP contribution >= 0.6 is 11.6 Å². The van der Waals surface area contributed by atoms with Gasteiger partial charge in [-0.05, 0) is 48.9 Å². The van der Waals surface area contributed by atoms with Gasteiger partial charge in [0.25, 0.3) is 0 Å². The largest absolute Gasteiger partial charge is 0.423 e. The zero-order valence-electron chi connectivity index (χ0n) is 14.0. The molecule has 2 N–H and O–H groups in total. The fourth-order valence-electron chi connectivity index (χ4n) is 2.14. The number of aryl methyl sites for hydroxylation is 1. The van der Waals surface area contributed by atoms with Gasteiger partial charge in [-0.2, -0.15) is 0 Å². The van der Waals surface area contributed by atoms with E-state index in [-0.39, 0.29) is 17.4 Å². The molecular weight excluding hydrogens is 344 g/mol. The summed E-state index contributed by atoms with van der Waals surface area (Å²) in [5.41, 5.74) is 1.71. The van der Waals surface area contributed by atoms with Crippen LogP contribution in [-0.2, 0) is 9.59 Å². The van der Waals surface area contributed by atoms with E-state index in [0.29, 0.717) is 22.1 Å². The van der Waals surface area contributed by atoms with Gasteiger partial charge < -0.3 is 15.4 Å². The molecule has 0 saturated carbocycles. The van der Waals surface area contributed by atoms with Crippen LogP contribution in [0.4, 0.5) is 11.4 Å². The van der Waals surface area contributed by atoms with E-state index in [1.165, 1.54) is 26.0 Å². The molecule has 2 aromatic rings. The molecule has 6 nitrogen and oxygen atoms in total. The maximum atomic E-state index is 12.4. The van der Waals surface area contributed by atoms with Gasteiger partial charge in [-0.1, -0.05) is 11.6 Å². The molecule has 0 atom stereocenters. The zero-order chi connectivity index (χ0) is 18.6. The van der Waals surface area contributed by atoms with Crippen LogP contribution in [0.5, 0.6) is 5.75 Å². The molecule has 130 valence electrons. The van der Waals surface area contributed by atoms with Crippen molar-refractivity contribution in [3.05, 3.63) is 52.5 Å². The van der Waals surface area contributed by atoms with E-state index in [1.54, 1.807) is 31.2 Å². The Labute approximate surface area is 150 Å². The van der Waals surface area contributed by atoms with Gasteiger partial charge in [0.05, 0.1) is 5.56 Å². The van der Waals surface area contributed by atoms with Crippen molar-refractivity contribution in [2.45, 2.75) is 20.8 Å². The predicted octanol–water partition coefficient (Wildman–Crippen LogP) is 3.78. The van der Waals surface area contributed by atoms with Gasteiger partial charge in [-0.25, -0.2) is 4.79 Å². The molecule has 0 fully saturated rings. The smallest absolute Gasteiger partial charge is 0.343 e. The number of benzene rings is 2. The fraction of sp³-hybridized carbons (Fsp3) is 0.167. The van der Waals surface area contributed by atoms with E-state index in [0.717, 1.165) is 5.56 Å². The molecular formula is C18H17ClN2O4. The van der Waals surface area contributed by atoms with E-state index in [4.69, 9.17) is 16.3 Å². The number of halogens is 1. The molecule has 0 aliphatic heterocycles. The lowest BCUT2D eigenvalue weighted by atomic mass is 10.1. The first-order chi connectivity index (χ1) is 11.7. The van der Waals surface area contributed by atoms with E-state index in [1.807, 2.05) is 0 Å². The summed E-state index contributed by atoms with van der Waals surface area (Å²) in [5.74, 6) is -0.876. The molecule has 0 bridgehead atoms. The highest BCUT2D eigenvalue weighted by Gasteiger charge is 2.13. The Balaban J connectivity index is 2.31. The number of anilines is 2. The van der Waals surface area contributed by atoms with Crippen molar-refractivity contribution >= 4 is 40.8 Å². The quantitative estimate of drug-likeness (QED) is 0.641. The van der Waals surface area contributed by atoms with Crippen molar-refractivity contribution in [1.29, 1.82) is 0 Å². The Hall–Kier alpha value is -2.86. The monoisotopic (exact) mass is 360 g/mol. The first kappa shape index (κ1) is 18.5. The summed E-state index contributed by atoms with van der Waals surface area (Å²) in [7, 11) is 0. The van der Waals surface area contributed by atoms with Crippen LogP contribution in [-0.4, -0.2) is 17.8 Å². The van der Waals surface area contributed by atoms with Crippen molar-refractivity contribution in [1.82, 2.24) is 0 Å². The lowest BCUT2D eigenvalue weighted by molar-refractivity contribution is -0.115. The molecule has 0 aliphatic carbocycles. The van der Waals surface area contributed by atoms with Crippen molar-refractivity contribution in [3.8, 4) is 5.75 Å². The number of esters is 1. The summed E-state index contributed by atoms with van der Waals surface area (Å²) in [6, 6.07) is 9.35. The SMILES string of the molecule is CC(=O)Nc1cc(NC(C)=O)cc(C(=O)Oc2ccc(Cl)c(C)c2)c1. The Morgan fingerprint density at radius 3 is 1.96 bits per heavy atom. The molecule has 0 spiro atoms. The second kappa shape index (κ2) is 7.81. The minimum Gasteiger partial charge on any atom is -0.423 e. The first-order valence-corrected chi connectivity index (χ1v) is 7.81. The van der Waals surface area contributed by atoms with Gasteiger partial charge in [-0.3, -0.25) is 9.59 Å². The number of amides is 2. The second-order valence-electron chi connectivity index (χ2n) is 5.46. The van der Waals surface area contributed by atoms with Gasteiger partial charge >= 0.3 is 5.97 Å². The molecule has 2 amide bonds. The Morgan fingerprint density at radius 1 is 0.920 bits per heavy atom. The van der Waals surface area contributed by atoms with Crippen LogP contribution in [0.3, 0.4) is 0 Å². The van der Waals surface area contributed by atoms with Crippen LogP contribution in [0, 0.1) is 6.92 Å². The normalized spacial score (nSPS) is 10.1. The van der Waals surface area contributed by atoms with Gasteiger partial charge in [-0.15, -0.1) is 0 Å². The molecule has 25 heavy (non-hydrogen) atoms. The predicted molar refractivity (Wildman–Crippen MR) is 96.2 cm³/mol. The number of hydrogen-bond acceptors (Lipinski definition) is 4. The van der Waals surface area contributed by atoms with E-state index < -0.39 is 5.97 Å². The van der Waals surface area contributed by atoms with Gasteiger partial charge in [0.1, 0.15) is 5.75 Å². The maximum Gasteiger partial charge on any atom is 0.343 e. The summed E-state index contributed by atoms with van der Waals surface area (Å²) in [5, 5.41) is 5.73. The van der Waals surface area contributed by atoms with Crippen molar-refractivity contribution in [3.63, 3.8) is 0 Å². The van der Waals surface area contributed by atoms with Crippen LogP contribution in [0.1, 0.15) is 29.8 Å². The van der Waals surface area contributed by atoms with E-state index in [2.05, 4.69) is 10.6 Å². The molecule has 2 rings (SSSR count). The Morgan fingerprint density at radius 2 is 1.48 bits per heavy atom. The highest BCUT2D eigenvalue weighted by atomic mass is 35.5. The minimum absolute atomic E-state index is 0.183. The van der Waals surface area contributed by atoms with Crippen molar-refractivity contribution in [2.75, 3.05) is 10.6 Å². The summed E-state index contributed by atoms with van der Waals surface area (Å²) in [6.45, 7) is 4.49. The fourth-order valence-corrected chi connectivity index (χ4v) is 2.26. The maximum absolute atomic E-state index is 12.4. The highest BCUT2D eigenvalue weighted by Crippen LogP contribution is 2.24.